The largest absolute Gasteiger partial charge is 0.445 e. The molecule has 1 saturated heterocycles. The van der Waals surface area contributed by atoms with E-state index in [0.29, 0.717) is 25.3 Å². The van der Waals surface area contributed by atoms with E-state index in [9.17, 15) is 14.4 Å². The smallest absolute Gasteiger partial charge is 0.408 e. The highest BCUT2D eigenvalue weighted by Crippen LogP contribution is 2.34. The Kier molecular flexibility index (Phi) is 9.43. The van der Waals surface area contributed by atoms with E-state index in [1.807, 2.05) is 60.7 Å². The topological polar surface area (TPSA) is 102 Å². The first-order valence-corrected chi connectivity index (χ1v) is 12.4. The van der Waals surface area contributed by atoms with Crippen LogP contribution in [0.5, 0.6) is 0 Å². The summed E-state index contributed by atoms with van der Waals surface area (Å²) in [5.74, 6) is -0.221. The Bertz CT molecular complexity index is 980. The molecule has 2 amide bonds. The number of likely N-dealkylation sites (tertiary alicyclic amines) is 1. The Morgan fingerprint density at radius 1 is 1.03 bits per heavy atom. The third-order valence-electron chi connectivity index (χ3n) is 6.70. The molecule has 2 aromatic carbocycles. The molecule has 0 radical (unpaired) electrons. The normalized spacial score (nSPS) is 18.8. The summed E-state index contributed by atoms with van der Waals surface area (Å²) in [6.07, 6.45) is 1.88. The summed E-state index contributed by atoms with van der Waals surface area (Å²) in [6.45, 7) is 5.82. The van der Waals surface area contributed by atoms with Gasteiger partial charge in [0.25, 0.3) is 0 Å². The van der Waals surface area contributed by atoms with E-state index >= 15 is 0 Å². The van der Waals surface area contributed by atoms with Crippen molar-refractivity contribution >= 4 is 17.8 Å². The highest BCUT2D eigenvalue weighted by Gasteiger charge is 2.48. The van der Waals surface area contributed by atoms with Gasteiger partial charge in [-0.25, -0.2) is 4.79 Å². The van der Waals surface area contributed by atoms with Gasteiger partial charge in [-0.1, -0.05) is 74.5 Å². The van der Waals surface area contributed by atoms with Crippen LogP contribution >= 0.6 is 0 Å². The van der Waals surface area contributed by atoms with E-state index in [4.69, 9.17) is 10.5 Å². The van der Waals surface area contributed by atoms with Gasteiger partial charge in [0.15, 0.2) is 5.78 Å². The van der Waals surface area contributed by atoms with Crippen LogP contribution in [0.3, 0.4) is 0 Å². The van der Waals surface area contributed by atoms with Crippen LogP contribution < -0.4 is 11.1 Å². The number of carbonyl (C=O) groups is 3. The lowest BCUT2D eigenvalue weighted by Crippen LogP contribution is -2.57. The standard InChI is InChI=1S/C28H37N3O4/c1-21(2)14-17-31-16-9-15-28(31,26(29)33)19-25(32)24(18-22-10-5-3-6-11-22)30-27(34)35-20-23-12-7-4-8-13-23/h3-8,10-13,21,24H,9,14-20H2,1-2H3,(H2,29,33)(H,30,34)/t24-,28+/m0/s1. The lowest BCUT2D eigenvalue weighted by atomic mass is 9.85. The number of nitrogens with zero attached hydrogens (tertiary/aromatic N) is 1. The first kappa shape index (κ1) is 26.4. The van der Waals surface area contributed by atoms with E-state index < -0.39 is 23.6 Å². The average Bonchev–Trinajstić information content (AvgIpc) is 3.26. The minimum Gasteiger partial charge on any atom is -0.445 e. The van der Waals surface area contributed by atoms with Crippen LogP contribution in [0.2, 0.25) is 0 Å². The second-order valence-electron chi connectivity index (χ2n) is 9.76. The lowest BCUT2D eigenvalue weighted by Gasteiger charge is -2.36. The predicted octanol–water partition coefficient (Wildman–Crippen LogP) is 3.85. The number of rotatable bonds is 12. The minimum absolute atomic E-state index is 0.0309. The molecule has 7 heteroatoms. The maximum atomic E-state index is 13.6. The summed E-state index contributed by atoms with van der Waals surface area (Å²) in [5.41, 5.74) is 6.64. The molecule has 35 heavy (non-hydrogen) atoms. The molecule has 7 nitrogen and oxygen atoms in total. The molecule has 2 aromatic rings. The maximum Gasteiger partial charge on any atom is 0.408 e. The number of nitrogens with one attached hydrogen (secondary N) is 1. The van der Waals surface area contributed by atoms with Gasteiger partial charge in [0.05, 0.1) is 6.04 Å². The molecule has 188 valence electrons. The van der Waals surface area contributed by atoms with Crippen molar-refractivity contribution < 1.29 is 19.1 Å². The number of benzene rings is 2. The number of alkyl carbamates (subject to hydrolysis) is 1. The first-order valence-electron chi connectivity index (χ1n) is 12.4. The van der Waals surface area contributed by atoms with E-state index in [2.05, 4.69) is 24.1 Å². The molecule has 3 rings (SSSR count). The molecule has 1 aliphatic heterocycles. The van der Waals surface area contributed by atoms with Crippen LogP contribution in [0.15, 0.2) is 60.7 Å². The number of ketones is 1. The van der Waals surface area contributed by atoms with E-state index in [1.54, 1.807) is 0 Å². The van der Waals surface area contributed by atoms with Gasteiger partial charge in [0.1, 0.15) is 12.1 Å². The van der Waals surface area contributed by atoms with Crippen molar-refractivity contribution in [3.63, 3.8) is 0 Å². The summed E-state index contributed by atoms with van der Waals surface area (Å²) in [6, 6.07) is 18.0. The molecule has 0 saturated carbocycles. The number of ether oxygens (including phenoxy) is 1. The Balaban J connectivity index is 1.74. The zero-order chi connectivity index (χ0) is 25.3. The number of carbonyl (C=O) groups excluding carboxylic acids is 3. The number of nitrogens with two attached hydrogens (primary N) is 1. The van der Waals surface area contributed by atoms with Gasteiger partial charge in [-0.05, 0) is 55.8 Å². The van der Waals surface area contributed by atoms with Gasteiger partial charge in [0.2, 0.25) is 5.91 Å². The van der Waals surface area contributed by atoms with Gasteiger partial charge >= 0.3 is 6.09 Å². The molecule has 1 fully saturated rings. The number of hydrogen-bond acceptors (Lipinski definition) is 5. The Morgan fingerprint density at radius 3 is 2.26 bits per heavy atom. The lowest BCUT2D eigenvalue weighted by molar-refractivity contribution is -0.135. The summed E-state index contributed by atoms with van der Waals surface area (Å²) >= 11 is 0. The predicted molar refractivity (Wildman–Crippen MR) is 136 cm³/mol. The summed E-state index contributed by atoms with van der Waals surface area (Å²) in [4.78, 5) is 41.0. The average molecular weight is 480 g/mol. The van der Waals surface area contributed by atoms with Crippen molar-refractivity contribution in [1.29, 1.82) is 0 Å². The molecular formula is C28H37N3O4. The summed E-state index contributed by atoms with van der Waals surface area (Å²) < 4.78 is 5.37. The van der Waals surface area contributed by atoms with Crippen LogP contribution in [-0.2, 0) is 27.4 Å². The Morgan fingerprint density at radius 2 is 1.66 bits per heavy atom. The van der Waals surface area contributed by atoms with Crippen LogP contribution in [-0.4, -0.2) is 47.4 Å². The fourth-order valence-electron chi connectivity index (χ4n) is 4.65. The second-order valence-corrected chi connectivity index (χ2v) is 9.76. The van der Waals surface area contributed by atoms with E-state index in [-0.39, 0.29) is 18.8 Å². The highest BCUT2D eigenvalue weighted by atomic mass is 16.5. The fourth-order valence-corrected chi connectivity index (χ4v) is 4.65. The van der Waals surface area contributed by atoms with Crippen molar-refractivity contribution in [3.05, 3.63) is 71.8 Å². The van der Waals surface area contributed by atoms with Crippen molar-refractivity contribution in [2.24, 2.45) is 11.7 Å². The van der Waals surface area contributed by atoms with Crippen LogP contribution in [0.1, 0.15) is 50.7 Å². The van der Waals surface area contributed by atoms with Crippen molar-refractivity contribution in [1.82, 2.24) is 10.2 Å². The third-order valence-corrected chi connectivity index (χ3v) is 6.70. The summed E-state index contributed by atoms with van der Waals surface area (Å²) in [5, 5.41) is 2.75. The Hall–Kier alpha value is -3.19. The fraction of sp³-hybridized carbons (Fsp3) is 0.464. The molecule has 0 aromatic heterocycles. The number of amides is 2. The molecule has 0 bridgehead atoms. The molecule has 1 aliphatic rings. The zero-order valence-corrected chi connectivity index (χ0v) is 20.7. The summed E-state index contributed by atoms with van der Waals surface area (Å²) in [7, 11) is 0. The van der Waals surface area contributed by atoms with Crippen molar-refractivity contribution in [2.45, 2.75) is 64.1 Å². The van der Waals surface area contributed by atoms with Gasteiger partial charge in [0, 0.05) is 6.42 Å². The number of hydrogen-bond donors (Lipinski definition) is 2. The number of Topliss-reactive ketones (excluding diaryl/α,β-unsaturated/α-hetero) is 1. The van der Waals surface area contributed by atoms with Gasteiger partial charge in [-0.15, -0.1) is 0 Å². The van der Waals surface area contributed by atoms with E-state index in [1.165, 1.54) is 0 Å². The van der Waals surface area contributed by atoms with Crippen molar-refractivity contribution in [3.8, 4) is 0 Å². The monoisotopic (exact) mass is 479 g/mol. The van der Waals surface area contributed by atoms with Gasteiger partial charge in [-0.3, -0.25) is 14.5 Å². The third kappa shape index (κ3) is 7.39. The van der Waals surface area contributed by atoms with Crippen LogP contribution in [0, 0.1) is 5.92 Å². The first-order chi connectivity index (χ1) is 16.8. The molecule has 1 heterocycles. The Labute approximate surface area is 208 Å². The molecule has 0 spiro atoms. The van der Waals surface area contributed by atoms with Gasteiger partial charge in [-0.2, -0.15) is 0 Å². The zero-order valence-electron chi connectivity index (χ0n) is 20.7. The molecule has 3 N–H and O–H groups in total. The SMILES string of the molecule is CC(C)CCN1CCC[C@@]1(CC(=O)[C@H](Cc1ccccc1)NC(=O)OCc1ccccc1)C(N)=O. The maximum absolute atomic E-state index is 13.6. The molecule has 0 unspecified atom stereocenters. The number of primary amides is 1. The van der Waals surface area contributed by atoms with Crippen LogP contribution in [0.4, 0.5) is 4.79 Å². The molecule has 2 atom stereocenters. The quantitative estimate of drug-likeness (QED) is 0.481. The molecular weight excluding hydrogens is 442 g/mol. The second kappa shape index (κ2) is 12.5. The van der Waals surface area contributed by atoms with Gasteiger partial charge < -0.3 is 15.8 Å². The molecule has 0 aliphatic carbocycles. The van der Waals surface area contributed by atoms with Crippen LogP contribution in [0.25, 0.3) is 0 Å². The highest BCUT2D eigenvalue weighted by molar-refractivity contribution is 5.95. The van der Waals surface area contributed by atoms with E-state index in [0.717, 1.165) is 30.5 Å². The van der Waals surface area contributed by atoms with Crippen molar-refractivity contribution in [2.75, 3.05) is 13.1 Å². The minimum atomic E-state index is -1.02.